The predicted octanol–water partition coefficient (Wildman–Crippen LogP) is 1.88. The fourth-order valence-electron chi connectivity index (χ4n) is 2.44. The van der Waals surface area contributed by atoms with Gasteiger partial charge in [0.2, 0.25) is 5.91 Å². The molecule has 0 aromatic carbocycles. The largest absolute Gasteiger partial charge is 0.366 e. The SMILES string of the molecule is Cc1nc([C@@H]2CN(C(=O)[C@H](C)c3cccs3)CCO2)n[nH]1. The summed E-state index contributed by atoms with van der Waals surface area (Å²) >= 11 is 1.62. The quantitative estimate of drug-likeness (QED) is 0.940. The fraction of sp³-hybridized carbons (Fsp3) is 0.500. The summed E-state index contributed by atoms with van der Waals surface area (Å²) in [5, 5.41) is 8.94. The van der Waals surface area contributed by atoms with Crippen LogP contribution in [0, 0.1) is 6.92 Å². The maximum atomic E-state index is 12.6. The standard InChI is InChI=1S/C14H18N4O2S/c1-9(12-4-3-7-21-12)14(19)18-5-6-20-11(8-18)13-15-10(2)16-17-13/h3-4,7,9,11H,5-6,8H2,1-2H3,(H,15,16,17)/t9-,11+/m1/s1. The third kappa shape index (κ3) is 2.98. The van der Waals surface area contributed by atoms with E-state index < -0.39 is 0 Å². The third-order valence-electron chi connectivity index (χ3n) is 3.62. The van der Waals surface area contributed by atoms with Crippen LogP contribution in [-0.4, -0.2) is 45.7 Å². The van der Waals surface area contributed by atoms with E-state index in [9.17, 15) is 4.79 Å². The molecule has 6 nitrogen and oxygen atoms in total. The van der Waals surface area contributed by atoms with Gasteiger partial charge in [-0.05, 0) is 25.3 Å². The molecule has 2 aromatic heterocycles. The topological polar surface area (TPSA) is 71.1 Å². The number of thiophene rings is 1. The number of nitrogens with zero attached hydrogens (tertiary/aromatic N) is 3. The first-order chi connectivity index (χ1) is 10.1. The van der Waals surface area contributed by atoms with Crippen LogP contribution < -0.4 is 0 Å². The lowest BCUT2D eigenvalue weighted by molar-refractivity contribution is -0.140. The summed E-state index contributed by atoms with van der Waals surface area (Å²) in [6, 6.07) is 3.98. The second-order valence-corrected chi connectivity index (χ2v) is 6.14. The van der Waals surface area contributed by atoms with Crippen molar-refractivity contribution in [3.8, 4) is 0 Å². The van der Waals surface area contributed by atoms with Gasteiger partial charge in [-0.2, -0.15) is 5.10 Å². The van der Waals surface area contributed by atoms with Crippen molar-refractivity contribution in [3.05, 3.63) is 34.0 Å². The number of aromatic nitrogens is 3. The Morgan fingerprint density at radius 1 is 1.62 bits per heavy atom. The first-order valence-electron chi connectivity index (χ1n) is 6.98. The summed E-state index contributed by atoms with van der Waals surface area (Å²) in [5.74, 6) is 1.40. The van der Waals surface area contributed by atoms with Gasteiger partial charge in [-0.1, -0.05) is 6.07 Å². The van der Waals surface area contributed by atoms with E-state index in [0.29, 0.717) is 25.5 Å². The van der Waals surface area contributed by atoms with Crippen molar-refractivity contribution in [2.45, 2.75) is 25.9 Å². The first kappa shape index (κ1) is 14.2. The van der Waals surface area contributed by atoms with Gasteiger partial charge in [-0.3, -0.25) is 9.89 Å². The molecule has 0 unspecified atom stereocenters. The number of nitrogens with one attached hydrogen (secondary N) is 1. The predicted molar refractivity (Wildman–Crippen MR) is 79.1 cm³/mol. The molecule has 0 saturated carbocycles. The molecule has 2 aromatic rings. The molecule has 0 aliphatic carbocycles. The molecular weight excluding hydrogens is 288 g/mol. The molecule has 0 radical (unpaired) electrons. The van der Waals surface area contributed by atoms with Crippen molar-refractivity contribution >= 4 is 17.2 Å². The van der Waals surface area contributed by atoms with Crippen LogP contribution in [0.2, 0.25) is 0 Å². The van der Waals surface area contributed by atoms with Gasteiger partial charge in [-0.25, -0.2) is 4.98 Å². The number of amides is 1. The minimum atomic E-state index is -0.247. The molecule has 21 heavy (non-hydrogen) atoms. The van der Waals surface area contributed by atoms with Gasteiger partial charge >= 0.3 is 0 Å². The minimum absolute atomic E-state index is 0.113. The van der Waals surface area contributed by atoms with Crippen LogP contribution in [0.5, 0.6) is 0 Å². The molecule has 7 heteroatoms. The number of hydrogen-bond donors (Lipinski definition) is 1. The molecule has 1 N–H and O–H groups in total. The average Bonchev–Trinajstić information content (AvgIpc) is 3.17. The second kappa shape index (κ2) is 5.95. The van der Waals surface area contributed by atoms with E-state index in [1.807, 2.05) is 36.3 Å². The minimum Gasteiger partial charge on any atom is -0.366 e. The summed E-state index contributed by atoms with van der Waals surface area (Å²) < 4.78 is 5.69. The van der Waals surface area contributed by atoms with Crippen LogP contribution in [0.15, 0.2) is 17.5 Å². The number of hydrogen-bond acceptors (Lipinski definition) is 5. The zero-order valence-corrected chi connectivity index (χ0v) is 12.9. The summed E-state index contributed by atoms with van der Waals surface area (Å²) in [6.45, 7) is 5.44. The van der Waals surface area contributed by atoms with Crippen LogP contribution in [0.3, 0.4) is 0 Å². The number of H-pyrrole nitrogens is 1. The number of aryl methyl sites for hydroxylation is 1. The summed E-state index contributed by atoms with van der Waals surface area (Å²) in [5.41, 5.74) is 0. The monoisotopic (exact) mass is 306 g/mol. The number of morpholine rings is 1. The van der Waals surface area contributed by atoms with Crippen LogP contribution in [0.4, 0.5) is 0 Å². The van der Waals surface area contributed by atoms with Crippen LogP contribution in [0.1, 0.15) is 35.5 Å². The maximum Gasteiger partial charge on any atom is 0.230 e. The second-order valence-electron chi connectivity index (χ2n) is 5.16. The van der Waals surface area contributed by atoms with Crippen molar-refractivity contribution in [2.75, 3.05) is 19.7 Å². The normalized spacial score (nSPS) is 20.5. The Labute approximate surface area is 127 Å². The lowest BCUT2D eigenvalue weighted by Crippen LogP contribution is -2.44. The molecule has 1 amide bonds. The molecular formula is C14H18N4O2S. The Morgan fingerprint density at radius 3 is 3.14 bits per heavy atom. The summed E-state index contributed by atoms with van der Waals surface area (Å²) in [6.07, 6.45) is -0.247. The highest BCUT2D eigenvalue weighted by molar-refractivity contribution is 7.10. The van der Waals surface area contributed by atoms with Crippen LogP contribution >= 0.6 is 11.3 Å². The van der Waals surface area contributed by atoms with Crippen molar-refractivity contribution < 1.29 is 9.53 Å². The molecule has 1 aliphatic heterocycles. The van der Waals surface area contributed by atoms with E-state index in [1.54, 1.807) is 11.3 Å². The van der Waals surface area contributed by atoms with Gasteiger partial charge in [0.15, 0.2) is 5.82 Å². The molecule has 0 spiro atoms. The summed E-state index contributed by atoms with van der Waals surface area (Å²) in [4.78, 5) is 19.8. The van der Waals surface area contributed by atoms with E-state index >= 15 is 0 Å². The van der Waals surface area contributed by atoms with Gasteiger partial charge in [0.25, 0.3) is 0 Å². The summed E-state index contributed by atoms with van der Waals surface area (Å²) in [7, 11) is 0. The number of carbonyl (C=O) groups is 1. The Balaban J connectivity index is 1.69. The molecule has 1 fully saturated rings. The smallest absolute Gasteiger partial charge is 0.230 e. The highest BCUT2D eigenvalue weighted by Crippen LogP contribution is 2.26. The van der Waals surface area contributed by atoms with Crippen molar-refractivity contribution in [2.24, 2.45) is 0 Å². The number of ether oxygens (including phenoxy) is 1. The van der Waals surface area contributed by atoms with Gasteiger partial charge < -0.3 is 9.64 Å². The van der Waals surface area contributed by atoms with Crippen LogP contribution in [-0.2, 0) is 9.53 Å². The molecule has 0 bridgehead atoms. The maximum absolute atomic E-state index is 12.6. The van der Waals surface area contributed by atoms with Gasteiger partial charge in [0, 0.05) is 11.4 Å². The molecule has 1 aliphatic rings. The third-order valence-corrected chi connectivity index (χ3v) is 4.68. The van der Waals surface area contributed by atoms with Crippen molar-refractivity contribution in [1.82, 2.24) is 20.1 Å². The van der Waals surface area contributed by atoms with Crippen LogP contribution in [0.25, 0.3) is 0 Å². The van der Waals surface area contributed by atoms with E-state index in [4.69, 9.17) is 4.74 Å². The lowest BCUT2D eigenvalue weighted by atomic mass is 10.1. The van der Waals surface area contributed by atoms with Gasteiger partial charge in [-0.15, -0.1) is 11.3 Å². The highest BCUT2D eigenvalue weighted by atomic mass is 32.1. The highest BCUT2D eigenvalue weighted by Gasteiger charge is 2.30. The molecule has 2 atom stereocenters. The Kier molecular flexibility index (Phi) is 4.03. The Bertz CT molecular complexity index is 610. The zero-order valence-electron chi connectivity index (χ0n) is 12.1. The zero-order chi connectivity index (χ0) is 14.8. The Morgan fingerprint density at radius 2 is 2.48 bits per heavy atom. The van der Waals surface area contributed by atoms with Gasteiger partial charge in [0.1, 0.15) is 11.9 Å². The number of carbonyl (C=O) groups excluding carboxylic acids is 1. The number of rotatable bonds is 3. The average molecular weight is 306 g/mol. The Hall–Kier alpha value is -1.73. The molecule has 3 heterocycles. The molecule has 3 rings (SSSR count). The molecule has 1 saturated heterocycles. The van der Waals surface area contributed by atoms with E-state index in [-0.39, 0.29) is 17.9 Å². The lowest BCUT2D eigenvalue weighted by Gasteiger charge is -2.33. The first-order valence-corrected chi connectivity index (χ1v) is 7.86. The van der Waals surface area contributed by atoms with Crippen molar-refractivity contribution in [1.29, 1.82) is 0 Å². The number of aromatic amines is 1. The molecule has 112 valence electrons. The van der Waals surface area contributed by atoms with E-state index in [0.717, 1.165) is 10.7 Å². The van der Waals surface area contributed by atoms with Gasteiger partial charge in [0.05, 0.1) is 19.1 Å². The van der Waals surface area contributed by atoms with E-state index in [2.05, 4.69) is 15.2 Å². The fourth-order valence-corrected chi connectivity index (χ4v) is 3.22. The van der Waals surface area contributed by atoms with Crippen molar-refractivity contribution in [3.63, 3.8) is 0 Å². The van der Waals surface area contributed by atoms with E-state index in [1.165, 1.54) is 0 Å².